The third kappa shape index (κ3) is 7.00. The summed E-state index contributed by atoms with van der Waals surface area (Å²) in [5.74, 6) is -1.65. The standard InChI is InChI=1S/C17H10ClF6N3O3/c18-12-4-10(6-26-15(12)30-8-17(22,23)24)14(28)27-11-1-2-13(9(3-11)5-25)29-7-16(19,20)21/h1-4,6H,7-8H2,(H,27,28). The average Bonchev–Trinajstić information content (AvgIpc) is 2.64. The predicted molar refractivity (Wildman–Crippen MR) is 91.5 cm³/mol. The van der Waals surface area contributed by atoms with Crippen molar-refractivity contribution in [3.63, 3.8) is 0 Å². The third-order valence-electron chi connectivity index (χ3n) is 3.19. The Kier molecular flexibility index (Phi) is 6.99. The lowest BCUT2D eigenvalue weighted by atomic mass is 10.2. The van der Waals surface area contributed by atoms with Crippen LogP contribution in [0.25, 0.3) is 0 Å². The van der Waals surface area contributed by atoms with Gasteiger partial charge in [0.15, 0.2) is 13.2 Å². The van der Waals surface area contributed by atoms with Crippen molar-refractivity contribution in [1.82, 2.24) is 4.98 Å². The molecule has 0 bridgehead atoms. The molecule has 0 aliphatic heterocycles. The molecule has 0 saturated heterocycles. The molecule has 30 heavy (non-hydrogen) atoms. The zero-order chi connectivity index (χ0) is 22.5. The first-order chi connectivity index (χ1) is 13.9. The van der Waals surface area contributed by atoms with Crippen molar-refractivity contribution in [1.29, 1.82) is 5.26 Å². The maximum absolute atomic E-state index is 12.2. The Morgan fingerprint density at radius 3 is 2.30 bits per heavy atom. The number of carbonyl (C=O) groups excluding carboxylic acids is 1. The van der Waals surface area contributed by atoms with E-state index in [-0.39, 0.29) is 27.6 Å². The van der Waals surface area contributed by atoms with Crippen LogP contribution in [0.1, 0.15) is 15.9 Å². The largest absolute Gasteiger partial charge is 0.483 e. The number of nitrogens with zero attached hydrogens (tertiary/aromatic N) is 2. The van der Waals surface area contributed by atoms with E-state index in [0.29, 0.717) is 0 Å². The van der Waals surface area contributed by atoms with Crippen molar-refractivity contribution in [2.45, 2.75) is 12.4 Å². The molecule has 0 aliphatic rings. The molecule has 0 atom stereocenters. The van der Waals surface area contributed by atoms with E-state index in [4.69, 9.17) is 16.9 Å². The molecule has 1 aromatic carbocycles. The van der Waals surface area contributed by atoms with Crippen LogP contribution < -0.4 is 14.8 Å². The number of carbonyl (C=O) groups is 1. The summed E-state index contributed by atoms with van der Waals surface area (Å²) in [6.45, 7) is -3.22. The van der Waals surface area contributed by atoms with Crippen LogP contribution in [0.5, 0.6) is 11.6 Å². The van der Waals surface area contributed by atoms with Crippen LogP contribution in [0.4, 0.5) is 32.0 Å². The first-order valence-corrected chi connectivity index (χ1v) is 8.16. The zero-order valence-corrected chi connectivity index (χ0v) is 15.3. The summed E-state index contributed by atoms with van der Waals surface area (Å²) in [4.78, 5) is 15.8. The molecule has 0 saturated carbocycles. The molecule has 1 aromatic heterocycles. The SMILES string of the molecule is N#Cc1cc(NC(=O)c2cnc(OCC(F)(F)F)c(Cl)c2)ccc1OCC(F)(F)F. The number of benzene rings is 1. The van der Waals surface area contributed by atoms with Gasteiger partial charge in [0.25, 0.3) is 5.91 Å². The Hall–Kier alpha value is -3.20. The lowest BCUT2D eigenvalue weighted by Gasteiger charge is -2.12. The molecular formula is C17H10ClF6N3O3. The maximum Gasteiger partial charge on any atom is 0.422 e. The average molecular weight is 454 g/mol. The van der Waals surface area contributed by atoms with E-state index >= 15 is 0 Å². The fourth-order valence-electron chi connectivity index (χ4n) is 1.99. The number of halogens is 7. The number of ether oxygens (including phenoxy) is 2. The molecule has 2 aromatic rings. The van der Waals surface area contributed by atoms with E-state index in [1.54, 1.807) is 6.07 Å². The van der Waals surface area contributed by atoms with Crippen molar-refractivity contribution >= 4 is 23.2 Å². The Morgan fingerprint density at radius 1 is 1.10 bits per heavy atom. The number of nitrogens with one attached hydrogen (secondary N) is 1. The maximum atomic E-state index is 12.2. The van der Waals surface area contributed by atoms with Crippen LogP contribution >= 0.6 is 11.6 Å². The van der Waals surface area contributed by atoms with Crippen LogP contribution in [0.2, 0.25) is 5.02 Å². The van der Waals surface area contributed by atoms with E-state index in [1.807, 2.05) is 0 Å². The van der Waals surface area contributed by atoms with Crippen LogP contribution in [0.15, 0.2) is 30.5 Å². The summed E-state index contributed by atoms with van der Waals surface area (Å²) in [5.41, 5.74) is -0.358. The summed E-state index contributed by atoms with van der Waals surface area (Å²) < 4.78 is 82.2. The topological polar surface area (TPSA) is 84.2 Å². The monoisotopic (exact) mass is 453 g/mol. The van der Waals surface area contributed by atoms with E-state index in [2.05, 4.69) is 19.8 Å². The number of pyridine rings is 1. The number of hydrogen-bond acceptors (Lipinski definition) is 5. The second kappa shape index (κ2) is 9.08. The predicted octanol–water partition coefficient (Wildman–Crippen LogP) is 4.74. The van der Waals surface area contributed by atoms with Crippen LogP contribution in [0.3, 0.4) is 0 Å². The van der Waals surface area contributed by atoms with E-state index in [0.717, 1.165) is 24.4 Å². The molecule has 1 amide bonds. The van der Waals surface area contributed by atoms with Crippen molar-refractivity contribution < 1.29 is 40.6 Å². The fraction of sp³-hybridized carbons (Fsp3) is 0.235. The quantitative estimate of drug-likeness (QED) is 0.639. The Balaban J connectivity index is 2.10. The fourth-order valence-corrected chi connectivity index (χ4v) is 2.21. The van der Waals surface area contributed by atoms with Crippen LogP contribution in [-0.2, 0) is 0 Å². The van der Waals surface area contributed by atoms with Gasteiger partial charge in [0, 0.05) is 11.9 Å². The minimum atomic E-state index is -4.60. The summed E-state index contributed by atoms with van der Waals surface area (Å²) in [7, 11) is 0. The number of alkyl halides is 6. The van der Waals surface area contributed by atoms with Gasteiger partial charge < -0.3 is 14.8 Å². The van der Waals surface area contributed by atoms with Gasteiger partial charge >= 0.3 is 12.4 Å². The highest BCUT2D eigenvalue weighted by Crippen LogP contribution is 2.27. The highest BCUT2D eigenvalue weighted by atomic mass is 35.5. The number of anilines is 1. The highest BCUT2D eigenvalue weighted by Gasteiger charge is 2.30. The van der Waals surface area contributed by atoms with Gasteiger partial charge in [-0.2, -0.15) is 31.6 Å². The normalized spacial score (nSPS) is 11.5. The summed E-state index contributed by atoms with van der Waals surface area (Å²) in [6.07, 6.45) is -8.28. The summed E-state index contributed by atoms with van der Waals surface area (Å²) in [6, 6.07) is 6.00. The van der Waals surface area contributed by atoms with Gasteiger partial charge in [0.05, 0.1) is 11.1 Å². The van der Waals surface area contributed by atoms with Crippen LogP contribution in [-0.4, -0.2) is 36.5 Å². The van der Waals surface area contributed by atoms with Gasteiger partial charge in [-0.15, -0.1) is 0 Å². The molecule has 160 valence electrons. The van der Waals surface area contributed by atoms with Crippen molar-refractivity contribution in [3.05, 3.63) is 46.6 Å². The summed E-state index contributed by atoms with van der Waals surface area (Å²) >= 11 is 5.76. The Labute approximate surface area is 170 Å². The second-order valence-electron chi connectivity index (χ2n) is 5.60. The number of amides is 1. The Morgan fingerprint density at radius 2 is 1.73 bits per heavy atom. The molecule has 0 radical (unpaired) electrons. The lowest BCUT2D eigenvalue weighted by molar-refractivity contribution is -0.154. The molecule has 6 nitrogen and oxygen atoms in total. The van der Waals surface area contributed by atoms with Gasteiger partial charge in [-0.1, -0.05) is 11.6 Å². The van der Waals surface area contributed by atoms with Gasteiger partial charge in [-0.3, -0.25) is 4.79 Å². The molecule has 1 N–H and O–H groups in total. The summed E-state index contributed by atoms with van der Waals surface area (Å²) in [5, 5.41) is 11.1. The zero-order valence-electron chi connectivity index (χ0n) is 14.6. The first kappa shape index (κ1) is 23.1. The van der Waals surface area contributed by atoms with Crippen molar-refractivity contribution in [2.75, 3.05) is 18.5 Å². The molecule has 0 fully saturated rings. The molecular weight excluding hydrogens is 444 g/mol. The minimum absolute atomic E-state index is 0.0458. The smallest absolute Gasteiger partial charge is 0.422 e. The lowest BCUT2D eigenvalue weighted by Crippen LogP contribution is -2.20. The van der Waals surface area contributed by atoms with Gasteiger partial charge in [0.2, 0.25) is 5.88 Å². The molecule has 0 spiro atoms. The molecule has 13 heteroatoms. The second-order valence-corrected chi connectivity index (χ2v) is 6.00. The number of rotatable bonds is 6. The van der Waals surface area contributed by atoms with Crippen molar-refractivity contribution in [3.8, 4) is 17.7 Å². The van der Waals surface area contributed by atoms with Crippen LogP contribution in [0, 0.1) is 11.3 Å². The molecule has 0 aliphatic carbocycles. The first-order valence-electron chi connectivity index (χ1n) is 7.78. The third-order valence-corrected chi connectivity index (χ3v) is 3.46. The minimum Gasteiger partial charge on any atom is -0.483 e. The molecule has 0 unspecified atom stereocenters. The van der Waals surface area contributed by atoms with Crippen molar-refractivity contribution in [2.24, 2.45) is 0 Å². The van der Waals surface area contributed by atoms with Gasteiger partial charge in [-0.25, -0.2) is 4.98 Å². The van der Waals surface area contributed by atoms with E-state index in [1.165, 1.54) is 6.07 Å². The number of aromatic nitrogens is 1. The molecule has 2 rings (SSSR count). The highest BCUT2D eigenvalue weighted by molar-refractivity contribution is 6.32. The number of nitriles is 1. The van der Waals surface area contributed by atoms with Gasteiger partial charge in [-0.05, 0) is 24.3 Å². The van der Waals surface area contributed by atoms with Gasteiger partial charge in [0.1, 0.15) is 16.8 Å². The van der Waals surface area contributed by atoms with E-state index < -0.39 is 37.4 Å². The van der Waals surface area contributed by atoms with E-state index in [9.17, 15) is 31.1 Å². The number of hydrogen-bond donors (Lipinski definition) is 1. The molecule has 1 heterocycles. The Bertz CT molecular complexity index is 973.